The van der Waals surface area contributed by atoms with Gasteiger partial charge in [0.05, 0.1) is 28.1 Å². The predicted molar refractivity (Wildman–Crippen MR) is 101 cm³/mol. The van der Waals surface area contributed by atoms with Crippen molar-refractivity contribution in [1.82, 2.24) is 9.97 Å². The highest BCUT2D eigenvalue weighted by Gasteiger charge is 2.15. The Labute approximate surface area is 153 Å². The van der Waals surface area contributed by atoms with Gasteiger partial charge in [0.15, 0.2) is 0 Å². The maximum absolute atomic E-state index is 12.4. The first-order chi connectivity index (χ1) is 12.0. The smallest absolute Gasteiger partial charge is 0.307 e. The van der Waals surface area contributed by atoms with Crippen molar-refractivity contribution < 1.29 is 9.59 Å². The third-order valence-electron chi connectivity index (χ3n) is 3.74. The third-order valence-corrected chi connectivity index (χ3v) is 4.23. The molecule has 1 heterocycles. The number of rotatable bonds is 3. The second-order valence-electron chi connectivity index (χ2n) is 5.48. The van der Waals surface area contributed by atoms with Crippen LogP contribution in [0.15, 0.2) is 46.9 Å². The number of imide groups is 1. The Kier molecular flexibility index (Phi) is 4.76. The highest BCUT2D eigenvalue weighted by molar-refractivity contribution is 9.10. The quantitative estimate of drug-likeness (QED) is 0.670. The summed E-state index contributed by atoms with van der Waals surface area (Å²) >= 11 is 3.33. The van der Waals surface area contributed by atoms with Crippen LogP contribution in [0.25, 0.3) is 11.0 Å². The molecule has 0 unspecified atom stereocenters. The maximum atomic E-state index is 12.4. The predicted octanol–water partition coefficient (Wildman–Crippen LogP) is 4.20. The molecule has 0 saturated heterocycles. The fraction of sp³-hybridized carbons (Fsp3) is 0.111. The van der Waals surface area contributed by atoms with Crippen molar-refractivity contribution in [3.05, 3.63) is 58.3 Å². The molecule has 3 amide bonds. The minimum atomic E-state index is -0.552. The summed E-state index contributed by atoms with van der Waals surface area (Å²) in [5, 5.41) is 2.71. The first-order valence-electron chi connectivity index (χ1n) is 7.54. The van der Waals surface area contributed by atoms with E-state index in [4.69, 9.17) is 0 Å². The number of aryl methyl sites for hydroxylation is 2. The summed E-state index contributed by atoms with van der Waals surface area (Å²) in [6.45, 7) is 3.78. The number of halogens is 1. The molecule has 3 aromatic rings. The number of aromatic nitrogens is 2. The lowest BCUT2D eigenvalue weighted by Crippen LogP contribution is -2.33. The zero-order chi connectivity index (χ0) is 18.0. The topological polar surface area (TPSA) is 75.2 Å². The van der Waals surface area contributed by atoms with Crippen LogP contribution in [0.2, 0.25) is 0 Å². The number of anilines is 2. The fourth-order valence-electron chi connectivity index (χ4n) is 2.34. The molecule has 0 radical (unpaired) electrons. The molecular weight excluding hydrogens is 384 g/mol. The number of benzene rings is 2. The second kappa shape index (κ2) is 6.98. The van der Waals surface area contributed by atoms with Crippen LogP contribution in [-0.2, 0) is 4.79 Å². The Morgan fingerprint density at radius 1 is 1.08 bits per heavy atom. The number of hydrogen-bond donors (Lipinski definition) is 1. The van der Waals surface area contributed by atoms with Gasteiger partial charge in [0.2, 0.25) is 6.41 Å². The van der Waals surface area contributed by atoms with Gasteiger partial charge in [0.25, 0.3) is 0 Å². The molecule has 126 valence electrons. The van der Waals surface area contributed by atoms with E-state index in [-0.39, 0.29) is 0 Å². The van der Waals surface area contributed by atoms with Crippen molar-refractivity contribution in [2.24, 2.45) is 0 Å². The Morgan fingerprint density at radius 2 is 1.80 bits per heavy atom. The van der Waals surface area contributed by atoms with Crippen LogP contribution in [-0.4, -0.2) is 22.4 Å². The highest BCUT2D eigenvalue weighted by Crippen LogP contribution is 2.21. The van der Waals surface area contributed by atoms with Crippen LogP contribution in [0.4, 0.5) is 16.2 Å². The third kappa shape index (κ3) is 3.66. The average molecular weight is 399 g/mol. The molecule has 1 aromatic heterocycles. The first kappa shape index (κ1) is 17.0. The van der Waals surface area contributed by atoms with Gasteiger partial charge >= 0.3 is 6.03 Å². The zero-order valence-electron chi connectivity index (χ0n) is 13.7. The lowest BCUT2D eigenvalue weighted by molar-refractivity contribution is -0.106. The minimum Gasteiger partial charge on any atom is -0.307 e. The maximum Gasteiger partial charge on any atom is 0.332 e. The van der Waals surface area contributed by atoms with Crippen molar-refractivity contribution in [3.63, 3.8) is 0 Å². The van der Waals surface area contributed by atoms with Crippen LogP contribution < -0.4 is 10.2 Å². The van der Waals surface area contributed by atoms with E-state index in [2.05, 4.69) is 31.2 Å². The van der Waals surface area contributed by atoms with Crippen LogP contribution in [0.5, 0.6) is 0 Å². The molecule has 0 aliphatic heterocycles. The highest BCUT2D eigenvalue weighted by atomic mass is 79.9. The zero-order valence-corrected chi connectivity index (χ0v) is 15.2. The van der Waals surface area contributed by atoms with E-state index in [0.717, 1.165) is 26.3 Å². The number of amides is 3. The molecule has 0 spiro atoms. The molecule has 0 fully saturated rings. The van der Waals surface area contributed by atoms with Crippen molar-refractivity contribution in [3.8, 4) is 0 Å². The number of carbonyl (C=O) groups is 2. The molecule has 1 N–H and O–H groups in total. The first-order valence-corrected chi connectivity index (χ1v) is 8.33. The van der Waals surface area contributed by atoms with Gasteiger partial charge in [-0.25, -0.2) is 19.7 Å². The molecule has 2 aromatic carbocycles. The summed E-state index contributed by atoms with van der Waals surface area (Å²) in [6, 6.07) is 11.6. The molecule has 0 aliphatic rings. The van der Waals surface area contributed by atoms with E-state index in [9.17, 15) is 9.59 Å². The Balaban J connectivity index is 1.87. The molecule has 0 saturated carbocycles. The Morgan fingerprint density at radius 3 is 2.48 bits per heavy atom. The second-order valence-corrected chi connectivity index (χ2v) is 6.40. The minimum absolute atomic E-state index is 0.467. The fourth-order valence-corrected chi connectivity index (χ4v) is 2.73. The van der Waals surface area contributed by atoms with E-state index in [0.29, 0.717) is 23.3 Å². The largest absolute Gasteiger partial charge is 0.332 e. The lowest BCUT2D eigenvalue weighted by Gasteiger charge is -2.17. The van der Waals surface area contributed by atoms with Crippen molar-refractivity contribution in [1.29, 1.82) is 0 Å². The van der Waals surface area contributed by atoms with Crippen molar-refractivity contribution in [2.75, 3.05) is 10.2 Å². The SMILES string of the molecule is Cc1nc2ccc(NC(=O)N(C=O)c3cccc(Br)c3)cc2nc1C. The summed E-state index contributed by atoms with van der Waals surface area (Å²) in [4.78, 5) is 33.7. The van der Waals surface area contributed by atoms with Crippen LogP contribution in [0, 0.1) is 13.8 Å². The summed E-state index contributed by atoms with van der Waals surface area (Å²) < 4.78 is 0.775. The molecule has 7 heteroatoms. The number of nitrogens with zero attached hydrogens (tertiary/aromatic N) is 3. The Bertz CT molecular complexity index is 974. The number of hydrogen-bond acceptors (Lipinski definition) is 4. The van der Waals surface area contributed by atoms with E-state index >= 15 is 0 Å². The normalized spacial score (nSPS) is 10.5. The van der Waals surface area contributed by atoms with Gasteiger partial charge < -0.3 is 5.32 Å². The van der Waals surface area contributed by atoms with Crippen LogP contribution in [0.3, 0.4) is 0 Å². The molecular formula is C18H15BrN4O2. The van der Waals surface area contributed by atoms with Gasteiger partial charge in [0, 0.05) is 10.2 Å². The van der Waals surface area contributed by atoms with Gasteiger partial charge in [-0.3, -0.25) is 4.79 Å². The average Bonchev–Trinajstić information content (AvgIpc) is 2.57. The van der Waals surface area contributed by atoms with Gasteiger partial charge in [-0.05, 0) is 50.2 Å². The van der Waals surface area contributed by atoms with Crippen molar-refractivity contribution >= 4 is 50.8 Å². The van der Waals surface area contributed by atoms with Crippen LogP contribution in [0.1, 0.15) is 11.4 Å². The van der Waals surface area contributed by atoms with Crippen LogP contribution >= 0.6 is 15.9 Å². The van der Waals surface area contributed by atoms with E-state index in [1.807, 2.05) is 19.9 Å². The van der Waals surface area contributed by atoms with E-state index in [1.54, 1.807) is 36.4 Å². The lowest BCUT2D eigenvalue weighted by atomic mass is 10.2. The molecule has 6 nitrogen and oxygen atoms in total. The Hall–Kier alpha value is -2.80. The van der Waals surface area contributed by atoms with Gasteiger partial charge in [-0.2, -0.15) is 0 Å². The molecule has 0 bridgehead atoms. The summed E-state index contributed by atoms with van der Waals surface area (Å²) in [7, 11) is 0. The molecule has 0 atom stereocenters. The standard InChI is InChI=1S/C18H15BrN4O2/c1-11-12(2)21-17-9-14(6-7-16(17)20-11)22-18(25)23(10-24)15-5-3-4-13(19)8-15/h3-10H,1-2H3,(H,22,25). The molecule has 25 heavy (non-hydrogen) atoms. The molecule has 3 rings (SSSR count). The number of nitrogens with one attached hydrogen (secondary N) is 1. The number of fused-ring (bicyclic) bond motifs is 1. The number of carbonyl (C=O) groups excluding carboxylic acids is 2. The van der Waals surface area contributed by atoms with Gasteiger partial charge in [-0.1, -0.05) is 22.0 Å². The van der Waals surface area contributed by atoms with E-state index in [1.165, 1.54) is 0 Å². The van der Waals surface area contributed by atoms with E-state index < -0.39 is 6.03 Å². The monoisotopic (exact) mass is 398 g/mol. The summed E-state index contributed by atoms with van der Waals surface area (Å²) in [5.74, 6) is 0. The number of urea groups is 1. The van der Waals surface area contributed by atoms with Gasteiger partial charge in [0.1, 0.15) is 0 Å². The van der Waals surface area contributed by atoms with Gasteiger partial charge in [-0.15, -0.1) is 0 Å². The molecule has 0 aliphatic carbocycles. The van der Waals surface area contributed by atoms with Crippen molar-refractivity contribution in [2.45, 2.75) is 13.8 Å². The summed E-state index contributed by atoms with van der Waals surface area (Å²) in [6.07, 6.45) is 0.478. The summed E-state index contributed by atoms with van der Waals surface area (Å²) in [5.41, 5.74) is 4.14.